The molecule has 0 saturated heterocycles. The molecule has 1 aliphatic carbocycles. The van der Waals surface area contributed by atoms with Crippen LogP contribution in [0.15, 0.2) is 18.2 Å². The molecule has 0 bridgehead atoms. The minimum atomic E-state index is -0.510. The minimum absolute atomic E-state index is 0.122. The zero-order valence-electron chi connectivity index (χ0n) is 11.7. The minimum Gasteiger partial charge on any atom is -0.369 e. The summed E-state index contributed by atoms with van der Waals surface area (Å²) in [6, 6.07) is 5.31. The number of hydrogen-bond donors (Lipinski definition) is 0. The molecule has 0 atom stereocenters. The van der Waals surface area contributed by atoms with Crippen LogP contribution in [0.4, 0.5) is 11.4 Å². The van der Waals surface area contributed by atoms with Crippen molar-refractivity contribution in [1.29, 1.82) is 0 Å². The van der Waals surface area contributed by atoms with Gasteiger partial charge in [-0.2, -0.15) is 0 Å². The molecule has 108 valence electrons. The summed E-state index contributed by atoms with van der Waals surface area (Å²) in [6.45, 7) is 2.93. The van der Waals surface area contributed by atoms with E-state index in [4.69, 9.17) is 0 Å². The van der Waals surface area contributed by atoms with E-state index < -0.39 is 4.92 Å². The monoisotopic (exact) mass is 276 g/mol. The molecule has 1 aliphatic rings. The second kappa shape index (κ2) is 6.50. The molecule has 0 spiro atoms. The molecular formula is C15H20N2O3. The maximum absolute atomic E-state index is 11.0. The van der Waals surface area contributed by atoms with Crippen LogP contribution >= 0.6 is 0 Å². The number of carbonyl (C=O) groups is 1. The fraction of sp³-hybridized carbons (Fsp3) is 0.533. The normalized spacial score (nSPS) is 15.8. The Labute approximate surface area is 118 Å². The highest BCUT2D eigenvalue weighted by atomic mass is 16.6. The first-order valence-corrected chi connectivity index (χ1v) is 7.17. The van der Waals surface area contributed by atoms with E-state index in [1.54, 1.807) is 12.1 Å². The van der Waals surface area contributed by atoms with Crippen LogP contribution in [0.25, 0.3) is 0 Å². The summed E-state index contributed by atoms with van der Waals surface area (Å²) in [6.07, 6.45) is 6.62. The Morgan fingerprint density at radius 1 is 1.35 bits per heavy atom. The van der Waals surface area contributed by atoms with Crippen LogP contribution in [0, 0.1) is 10.1 Å². The van der Waals surface area contributed by atoms with Crippen molar-refractivity contribution in [1.82, 2.24) is 0 Å². The van der Waals surface area contributed by atoms with Gasteiger partial charge in [0.25, 0.3) is 5.69 Å². The highest BCUT2D eigenvalue weighted by Crippen LogP contribution is 2.30. The third-order valence-electron chi connectivity index (χ3n) is 4.02. The van der Waals surface area contributed by atoms with E-state index in [-0.39, 0.29) is 11.3 Å². The topological polar surface area (TPSA) is 63.4 Å². The van der Waals surface area contributed by atoms with Gasteiger partial charge in [0.15, 0.2) is 6.29 Å². The van der Waals surface area contributed by atoms with E-state index in [0.717, 1.165) is 25.1 Å². The Morgan fingerprint density at radius 3 is 2.60 bits per heavy atom. The van der Waals surface area contributed by atoms with E-state index in [9.17, 15) is 14.9 Å². The number of anilines is 1. The van der Waals surface area contributed by atoms with Gasteiger partial charge in [0.2, 0.25) is 0 Å². The summed E-state index contributed by atoms with van der Waals surface area (Å²) in [7, 11) is 0. The molecule has 0 radical (unpaired) electrons. The highest BCUT2D eigenvalue weighted by Gasteiger charge is 2.22. The lowest BCUT2D eigenvalue weighted by atomic mass is 9.93. The third kappa shape index (κ3) is 2.98. The van der Waals surface area contributed by atoms with Gasteiger partial charge in [0.05, 0.1) is 10.5 Å². The fourth-order valence-corrected chi connectivity index (χ4v) is 3.03. The SMILES string of the molecule is CCN(c1ccc([N+](=O)[O-])c(C=O)c1)C1CCCCC1. The fourth-order valence-electron chi connectivity index (χ4n) is 3.03. The molecule has 1 saturated carbocycles. The summed E-state index contributed by atoms with van der Waals surface area (Å²) in [5.41, 5.74) is 0.942. The zero-order chi connectivity index (χ0) is 14.5. The molecule has 0 aromatic heterocycles. The second-order valence-electron chi connectivity index (χ2n) is 5.20. The van der Waals surface area contributed by atoms with Crippen molar-refractivity contribution >= 4 is 17.7 Å². The van der Waals surface area contributed by atoms with Crippen molar-refractivity contribution in [2.24, 2.45) is 0 Å². The van der Waals surface area contributed by atoms with Gasteiger partial charge in [-0.3, -0.25) is 14.9 Å². The number of hydrogen-bond acceptors (Lipinski definition) is 4. The molecule has 20 heavy (non-hydrogen) atoms. The number of aldehydes is 1. The quantitative estimate of drug-likeness (QED) is 0.468. The van der Waals surface area contributed by atoms with Crippen LogP contribution in [-0.2, 0) is 0 Å². The number of nitro groups is 1. The van der Waals surface area contributed by atoms with Gasteiger partial charge in [-0.25, -0.2) is 0 Å². The van der Waals surface area contributed by atoms with Crippen LogP contribution in [-0.4, -0.2) is 23.8 Å². The van der Waals surface area contributed by atoms with Crippen molar-refractivity contribution in [3.8, 4) is 0 Å². The molecule has 2 rings (SSSR count). The molecule has 1 fully saturated rings. The Kier molecular flexibility index (Phi) is 4.71. The summed E-state index contributed by atoms with van der Waals surface area (Å²) in [5.74, 6) is 0. The molecule has 1 aromatic carbocycles. The van der Waals surface area contributed by atoms with E-state index in [0.29, 0.717) is 12.3 Å². The predicted molar refractivity (Wildman–Crippen MR) is 78.4 cm³/mol. The summed E-state index contributed by atoms with van der Waals surface area (Å²) in [4.78, 5) is 23.7. The molecule has 1 aromatic rings. The molecule has 0 unspecified atom stereocenters. The number of nitrogens with zero attached hydrogens (tertiary/aromatic N) is 2. The van der Waals surface area contributed by atoms with Crippen molar-refractivity contribution in [2.75, 3.05) is 11.4 Å². The van der Waals surface area contributed by atoms with E-state index >= 15 is 0 Å². The molecule has 0 aliphatic heterocycles. The lowest BCUT2D eigenvalue weighted by Gasteiger charge is -2.35. The van der Waals surface area contributed by atoms with Gasteiger partial charge < -0.3 is 4.90 Å². The summed E-state index contributed by atoms with van der Waals surface area (Å²) >= 11 is 0. The van der Waals surface area contributed by atoms with Crippen molar-refractivity contribution in [3.05, 3.63) is 33.9 Å². The molecule has 5 heteroatoms. The van der Waals surface area contributed by atoms with Gasteiger partial charge in [0, 0.05) is 24.3 Å². The Bertz CT molecular complexity index is 496. The Balaban J connectivity index is 2.29. The first-order chi connectivity index (χ1) is 9.67. The Morgan fingerprint density at radius 2 is 2.05 bits per heavy atom. The van der Waals surface area contributed by atoms with E-state index in [2.05, 4.69) is 11.8 Å². The molecule has 0 N–H and O–H groups in total. The van der Waals surface area contributed by atoms with Crippen molar-refractivity contribution in [2.45, 2.75) is 45.1 Å². The molecule has 5 nitrogen and oxygen atoms in total. The van der Waals surface area contributed by atoms with Crippen molar-refractivity contribution in [3.63, 3.8) is 0 Å². The third-order valence-corrected chi connectivity index (χ3v) is 4.02. The van der Waals surface area contributed by atoms with Crippen LogP contribution in [0.5, 0.6) is 0 Å². The number of nitro benzene ring substituents is 1. The number of carbonyl (C=O) groups excluding carboxylic acids is 1. The van der Waals surface area contributed by atoms with Gasteiger partial charge in [0.1, 0.15) is 0 Å². The number of rotatable bonds is 5. The maximum atomic E-state index is 11.0. The van der Waals surface area contributed by atoms with Gasteiger partial charge >= 0.3 is 0 Å². The Hall–Kier alpha value is -1.91. The molecular weight excluding hydrogens is 256 g/mol. The zero-order valence-corrected chi connectivity index (χ0v) is 11.7. The van der Waals surface area contributed by atoms with E-state index in [1.807, 2.05) is 0 Å². The first kappa shape index (κ1) is 14.5. The highest BCUT2D eigenvalue weighted by molar-refractivity contribution is 5.83. The van der Waals surface area contributed by atoms with Crippen LogP contribution in [0.3, 0.4) is 0 Å². The number of benzene rings is 1. The van der Waals surface area contributed by atoms with Crippen LogP contribution in [0.1, 0.15) is 49.4 Å². The average Bonchev–Trinajstić information content (AvgIpc) is 2.48. The van der Waals surface area contributed by atoms with E-state index in [1.165, 1.54) is 25.3 Å². The first-order valence-electron chi connectivity index (χ1n) is 7.17. The smallest absolute Gasteiger partial charge is 0.280 e. The molecule has 0 heterocycles. The maximum Gasteiger partial charge on any atom is 0.280 e. The summed E-state index contributed by atoms with van der Waals surface area (Å²) in [5, 5.41) is 10.9. The average molecular weight is 276 g/mol. The van der Waals surface area contributed by atoms with Crippen LogP contribution < -0.4 is 4.90 Å². The lowest BCUT2D eigenvalue weighted by Crippen LogP contribution is -2.36. The van der Waals surface area contributed by atoms with Gasteiger partial charge in [-0.1, -0.05) is 19.3 Å². The largest absolute Gasteiger partial charge is 0.369 e. The lowest BCUT2D eigenvalue weighted by molar-refractivity contribution is -0.385. The van der Waals surface area contributed by atoms with Crippen molar-refractivity contribution < 1.29 is 9.72 Å². The van der Waals surface area contributed by atoms with Gasteiger partial charge in [-0.05, 0) is 31.9 Å². The summed E-state index contributed by atoms with van der Waals surface area (Å²) < 4.78 is 0. The van der Waals surface area contributed by atoms with Crippen LogP contribution in [0.2, 0.25) is 0 Å². The molecule has 0 amide bonds. The predicted octanol–water partition coefficient (Wildman–Crippen LogP) is 3.57. The second-order valence-corrected chi connectivity index (χ2v) is 5.20. The standard InChI is InChI=1S/C15H20N2O3/c1-2-16(13-6-4-3-5-7-13)14-8-9-15(17(19)20)12(10-14)11-18/h8-11,13H,2-7H2,1H3. The van der Waals surface area contributed by atoms with Gasteiger partial charge in [-0.15, -0.1) is 0 Å².